The van der Waals surface area contributed by atoms with E-state index in [0.29, 0.717) is 39.0 Å². The standard InChI is InChI=1S/C23H24Cl2N4O2S/c1-5-11-29-22(16(4)31-20-12-14(2)9-10-18(20)25)27-28-23(29)32-13-21(30)26-19-8-6-7-17(24)15(19)3/h5-10,12,16H,1,11,13H2,2-4H3,(H,26,30). The molecule has 1 unspecified atom stereocenters. The van der Waals surface area contributed by atoms with Crippen LogP contribution in [0, 0.1) is 13.8 Å². The third kappa shape index (κ3) is 5.85. The average Bonchev–Trinajstić information content (AvgIpc) is 3.15. The molecule has 1 heterocycles. The largest absolute Gasteiger partial charge is 0.481 e. The van der Waals surface area contributed by atoms with E-state index in [1.807, 2.05) is 43.5 Å². The molecule has 3 rings (SSSR count). The first-order valence-electron chi connectivity index (χ1n) is 9.94. The number of carbonyl (C=O) groups excluding carboxylic acids is 1. The Bertz CT molecular complexity index is 1130. The monoisotopic (exact) mass is 490 g/mol. The molecule has 3 aromatic rings. The van der Waals surface area contributed by atoms with Gasteiger partial charge in [-0.05, 0) is 56.2 Å². The van der Waals surface area contributed by atoms with Crippen molar-refractivity contribution < 1.29 is 9.53 Å². The molecule has 1 N–H and O–H groups in total. The quantitative estimate of drug-likeness (QED) is 0.283. The highest BCUT2D eigenvalue weighted by Gasteiger charge is 2.21. The zero-order valence-corrected chi connectivity index (χ0v) is 20.4. The Morgan fingerprint density at radius 1 is 1.25 bits per heavy atom. The minimum Gasteiger partial charge on any atom is -0.481 e. The van der Waals surface area contributed by atoms with Crippen molar-refractivity contribution in [3.63, 3.8) is 0 Å². The van der Waals surface area contributed by atoms with Gasteiger partial charge in [0.25, 0.3) is 0 Å². The smallest absolute Gasteiger partial charge is 0.234 e. The van der Waals surface area contributed by atoms with Crippen molar-refractivity contribution in [2.24, 2.45) is 0 Å². The number of nitrogens with one attached hydrogen (secondary N) is 1. The van der Waals surface area contributed by atoms with Gasteiger partial charge in [-0.15, -0.1) is 16.8 Å². The summed E-state index contributed by atoms with van der Waals surface area (Å²) in [5.74, 6) is 1.21. The van der Waals surface area contributed by atoms with E-state index in [2.05, 4.69) is 22.1 Å². The predicted molar refractivity (Wildman–Crippen MR) is 131 cm³/mol. The van der Waals surface area contributed by atoms with Gasteiger partial charge in [-0.2, -0.15) is 0 Å². The molecule has 0 radical (unpaired) electrons. The molecule has 9 heteroatoms. The van der Waals surface area contributed by atoms with Gasteiger partial charge in [0, 0.05) is 17.3 Å². The molecule has 1 atom stereocenters. The third-order valence-electron chi connectivity index (χ3n) is 4.69. The van der Waals surface area contributed by atoms with Crippen LogP contribution in [0.15, 0.2) is 54.2 Å². The Labute approximate surface area is 202 Å². The fourth-order valence-corrected chi connectivity index (χ4v) is 4.10. The van der Waals surface area contributed by atoms with Crippen LogP contribution in [-0.2, 0) is 11.3 Å². The van der Waals surface area contributed by atoms with Crippen molar-refractivity contribution in [2.45, 2.75) is 38.6 Å². The summed E-state index contributed by atoms with van der Waals surface area (Å²) in [4.78, 5) is 12.5. The molecule has 0 spiro atoms. The van der Waals surface area contributed by atoms with Gasteiger partial charge in [0.1, 0.15) is 5.75 Å². The van der Waals surface area contributed by atoms with Crippen LogP contribution < -0.4 is 10.1 Å². The predicted octanol–water partition coefficient (Wildman–Crippen LogP) is 6.26. The lowest BCUT2D eigenvalue weighted by Gasteiger charge is -2.17. The fourth-order valence-electron chi connectivity index (χ4n) is 3.01. The maximum atomic E-state index is 12.5. The second-order valence-electron chi connectivity index (χ2n) is 7.18. The third-order valence-corrected chi connectivity index (χ3v) is 6.37. The van der Waals surface area contributed by atoms with Gasteiger partial charge in [-0.3, -0.25) is 9.36 Å². The van der Waals surface area contributed by atoms with Crippen molar-refractivity contribution in [3.8, 4) is 5.75 Å². The zero-order valence-electron chi connectivity index (χ0n) is 18.1. The Hall–Kier alpha value is -2.48. The number of aromatic nitrogens is 3. The van der Waals surface area contributed by atoms with Crippen LogP contribution in [0.1, 0.15) is 30.0 Å². The first kappa shape index (κ1) is 24.2. The van der Waals surface area contributed by atoms with Gasteiger partial charge < -0.3 is 10.1 Å². The van der Waals surface area contributed by atoms with E-state index in [1.165, 1.54) is 11.8 Å². The summed E-state index contributed by atoms with van der Waals surface area (Å²) >= 11 is 13.7. The molecular formula is C23H24Cl2N4O2S. The first-order valence-corrected chi connectivity index (χ1v) is 11.7. The number of ether oxygens (including phenoxy) is 1. The molecule has 32 heavy (non-hydrogen) atoms. The molecule has 2 aromatic carbocycles. The van der Waals surface area contributed by atoms with Crippen LogP contribution in [0.4, 0.5) is 5.69 Å². The number of rotatable bonds is 9. The SMILES string of the molecule is C=CCn1c(SCC(=O)Nc2cccc(Cl)c2C)nnc1C(C)Oc1cc(C)ccc1Cl. The number of benzene rings is 2. The van der Waals surface area contributed by atoms with E-state index >= 15 is 0 Å². The topological polar surface area (TPSA) is 69.0 Å². The fraction of sp³-hybridized carbons (Fsp3) is 0.261. The molecule has 0 bridgehead atoms. The van der Waals surface area contributed by atoms with Crippen LogP contribution in [0.2, 0.25) is 10.0 Å². The van der Waals surface area contributed by atoms with Crippen molar-refractivity contribution in [1.29, 1.82) is 0 Å². The number of halogens is 2. The summed E-state index contributed by atoms with van der Waals surface area (Å²) in [7, 11) is 0. The maximum absolute atomic E-state index is 12.5. The van der Waals surface area contributed by atoms with Crippen LogP contribution in [-0.4, -0.2) is 26.4 Å². The zero-order chi connectivity index (χ0) is 23.3. The maximum Gasteiger partial charge on any atom is 0.234 e. The molecule has 0 aliphatic rings. The van der Waals surface area contributed by atoms with Gasteiger partial charge in [0.05, 0.1) is 10.8 Å². The van der Waals surface area contributed by atoms with Crippen molar-refractivity contribution in [3.05, 3.63) is 76.0 Å². The number of hydrogen-bond acceptors (Lipinski definition) is 5. The summed E-state index contributed by atoms with van der Waals surface area (Å²) in [6.45, 7) is 10.0. The second-order valence-corrected chi connectivity index (χ2v) is 8.94. The van der Waals surface area contributed by atoms with Gasteiger partial charge in [0.15, 0.2) is 17.1 Å². The number of hydrogen-bond donors (Lipinski definition) is 1. The minimum absolute atomic E-state index is 0.161. The summed E-state index contributed by atoms with van der Waals surface area (Å²) in [5, 5.41) is 13.2. The van der Waals surface area contributed by atoms with Crippen LogP contribution in [0.5, 0.6) is 5.75 Å². The van der Waals surface area contributed by atoms with Crippen LogP contribution >= 0.6 is 35.0 Å². The molecule has 6 nitrogen and oxygen atoms in total. The highest BCUT2D eigenvalue weighted by molar-refractivity contribution is 7.99. The Morgan fingerprint density at radius 3 is 2.78 bits per heavy atom. The highest BCUT2D eigenvalue weighted by atomic mass is 35.5. The Morgan fingerprint density at radius 2 is 2.03 bits per heavy atom. The van der Waals surface area contributed by atoms with Gasteiger partial charge in [-0.25, -0.2) is 0 Å². The van der Waals surface area contributed by atoms with Crippen LogP contribution in [0.25, 0.3) is 0 Å². The van der Waals surface area contributed by atoms with Crippen LogP contribution in [0.3, 0.4) is 0 Å². The molecule has 0 fully saturated rings. The molecule has 1 aromatic heterocycles. The number of aryl methyl sites for hydroxylation is 1. The molecule has 1 amide bonds. The number of amides is 1. The molecule has 0 aliphatic heterocycles. The second kappa shape index (κ2) is 10.9. The normalized spacial score (nSPS) is 11.8. The van der Waals surface area contributed by atoms with Gasteiger partial charge in [-0.1, -0.05) is 53.2 Å². The number of allylic oxidation sites excluding steroid dienone is 1. The Balaban J connectivity index is 1.71. The number of carbonyl (C=O) groups is 1. The molecule has 0 aliphatic carbocycles. The molecule has 0 saturated heterocycles. The van der Waals surface area contributed by atoms with Crippen molar-refractivity contribution >= 4 is 46.6 Å². The summed E-state index contributed by atoms with van der Waals surface area (Å²) < 4.78 is 7.93. The summed E-state index contributed by atoms with van der Waals surface area (Å²) in [6, 6.07) is 11.0. The van der Waals surface area contributed by atoms with E-state index in [4.69, 9.17) is 27.9 Å². The number of anilines is 1. The lowest BCUT2D eigenvalue weighted by molar-refractivity contribution is -0.113. The van der Waals surface area contributed by atoms with Crippen molar-refractivity contribution in [2.75, 3.05) is 11.1 Å². The van der Waals surface area contributed by atoms with Crippen molar-refractivity contribution in [1.82, 2.24) is 14.8 Å². The van der Waals surface area contributed by atoms with E-state index < -0.39 is 6.10 Å². The summed E-state index contributed by atoms with van der Waals surface area (Å²) in [5.41, 5.74) is 2.56. The number of nitrogens with zero attached hydrogens (tertiary/aromatic N) is 3. The summed E-state index contributed by atoms with van der Waals surface area (Å²) in [6.07, 6.45) is 1.35. The number of thioether (sulfide) groups is 1. The van der Waals surface area contributed by atoms with E-state index in [-0.39, 0.29) is 11.7 Å². The first-order chi connectivity index (χ1) is 15.3. The van der Waals surface area contributed by atoms with Gasteiger partial charge in [0.2, 0.25) is 5.91 Å². The minimum atomic E-state index is -0.404. The lowest BCUT2D eigenvalue weighted by Crippen LogP contribution is -2.16. The van der Waals surface area contributed by atoms with Gasteiger partial charge >= 0.3 is 0 Å². The van der Waals surface area contributed by atoms with E-state index in [1.54, 1.807) is 24.3 Å². The van der Waals surface area contributed by atoms with E-state index in [0.717, 1.165) is 11.1 Å². The highest BCUT2D eigenvalue weighted by Crippen LogP contribution is 2.31. The average molecular weight is 491 g/mol. The molecule has 168 valence electrons. The molecular weight excluding hydrogens is 467 g/mol. The van der Waals surface area contributed by atoms with E-state index in [9.17, 15) is 4.79 Å². The lowest BCUT2D eigenvalue weighted by atomic mass is 10.2. The molecule has 0 saturated carbocycles. The Kier molecular flexibility index (Phi) is 8.23.